The van der Waals surface area contributed by atoms with Crippen LogP contribution >= 0.6 is 0 Å². The number of amides is 2. The minimum Gasteiger partial charge on any atom is -0.325 e. The fourth-order valence-electron chi connectivity index (χ4n) is 3.66. The smallest absolute Gasteiger partial charge is 0.245 e. The van der Waals surface area contributed by atoms with E-state index in [1.165, 1.54) is 0 Å². The Bertz CT molecular complexity index is 1100. The lowest BCUT2D eigenvalue weighted by Gasteiger charge is -2.24. The van der Waals surface area contributed by atoms with Crippen molar-refractivity contribution in [1.29, 1.82) is 0 Å². The highest BCUT2D eigenvalue weighted by molar-refractivity contribution is 7.92. The molecule has 1 N–H and O–H groups in total. The first kappa shape index (κ1) is 21.8. The summed E-state index contributed by atoms with van der Waals surface area (Å²) >= 11 is 0. The summed E-state index contributed by atoms with van der Waals surface area (Å²) in [6, 6.07) is 10.7. The first-order valence-corrected chi connectivity index (χ1v) is 11.7. The Morgan fingerprint density at radius 1 is 1.13 bits per heavy atom. The number of benzene rings is 2. The van der Waals surface area contributed by atoms with E-state index in [4.69, 9.17) is 0 Å². The van der Waals surface area contributed by atoms with Crippen LogP contribution in [0.4, 0.5) is 17.1 Å². The molecule has 30 heavy (non-hydrogen) atoms. The molecule has 0 spiro atoms. The largest absolute Gasteiger partial charge is 0.325 e. The van der Waals surface area contributed by atoms with E-state index < -0.39 is 15.9 Å². The monoisotopic (exact) mass is 429 g/mol. The molecule has 7 nitrogen and oxygen atoms in total. The Balaban J connectivity index is 1.78. The molecule has 1 saturated heterocycles. The Kier molecular flexibility index (Phi) is 6.17. The standard InChI is InChI=1S/C22H27N3O4S/c1-15-7-5-8-20(17(15)3)25(30(4,28)29)14-21(26)23-18-10-11-19(16(2)13-18)24-12-6-9-22(24)27/h5,7-8,10-11,13H,6,9,12,14H2,1-4H3,(H,23,26). The second kappa shape index (κ2) is 8.47. The van der Waals surface area contributed by atoms with E-state index in [0.29, 0.717) is 24.3 Å². The summed E-state index contributed by atoms with van der Waals surface area (Å²) in [5.74, 6) is -0.335. The van der Waals surface area contributed by atoms with Gasteiger partial charge in [-0.3, -0.25) is 13.9 Å². The average molecular weight is 430 g/mol. The highest BCUT2D eigenvalue weighted by Crippen LogP contribution is 2.28. The lowest BCUT2D eigenvalue weighted by Crippen LogP contribution is -2.38. The molecule has 1 heterocycles. The zero-order valence-electron chi connectivity index (χ0n) is 17.7. The Morgan fingerprint density at radius 3 is 2.47 bits per heavy atom. The van der Waals surface area contributed by atoms with Crippen LogP contribution in [0.2, 0.25) is 0 Å². The lowest BCUT2D eigenvalue weighted by atomic mass is 10.1. The number of hydrogen-bond donors (Lipinski definition) is 1. The second-order valence-corrected chi connectivity index (χ2v) is 9.59. The summed E-state index contributed by atoms with van der Waals surface area (Å²) < 4.78 is 25.9. The van der Waals surface area contributed by atoms with Crippen LogP contribution in [0.3, 0.4) is 0 Å². The second-order valence-electron chi connectivity index (χ2n) is 7.69. The maximum Gasteiger partial charge on any atom is 0.245 e. The summed E-state index contributed by atoms with van der Waals surface area (Å²) in [6.45, 7) is 5.99. The van der Waals surface area contributed by atoms with Crippen LogP contribution in [-0.2, 0) is 19.6 Å². The van der Waals surface area contributed by atoms with E-state index in [9.17, 15) is 18.0 Å². The predicted octanol–water partition coefficient (Wildman–Crippen LogP) is 3.14. The Labute approximate surface area is 177 Å². The van der Waals surface area contributed by atoms with Crippen molar-refractivity contribution in [3.63, 3.8) is 0 Å². The van der Waals surface area contributed by atoms with Crippen LogP contribution in [0.5, 0.6) is 0 Å². The molecule has 1 aliphatic rings. The number of carbonyl (C=O) groups is 2. The molecule has 0 unspecified atom stereocenters. The fraction of sp³-hybridized carbons (Fsp3) is 0.364. The van der Waals surface area contributed by atoms with E-state index in [1.54, 1.807) is 29.2 Å². The molecule has 160 valence electrons. The average Bonchev–Trinajstić information content (AvgIpc) is 3.07. The van der Waals surface area contributed by atoms with Gasteiger partial charge in [0, 0.05) is 24.3 Å². The third-order valence-corrected chi connectivity index (χ3v) is 6.50. The van der Waals surface area contributed by atoms with E-state index in [-0.39, 0.29) is 12.5 Å². The molecule has 0 aromatic heterocycles. The summed E-state index contributed by atoms with van der Waals surface area (Å²) in [5, 5.41) is 2.77. The number of nitrogens with one attached hydrogen (secondary N) is 1. The minimum absolute atomic E-state index is 0.104. The van der Waals surface area contributed by atoms with Gasteiger partial charge in [0.15, 0.2) is 0 Å². The van der Waals surface area contributed by atoms with Crippen molar-refractivity contribution in [2.75, 3.05) is 33.9 Å². The molecule has 2 aromatic rings. The molecule has 1 aliphatic heterocycles. The van der Waals surface area contributed by atoms with Crippen molar-refractivity contribution >= 4 is 38.9 Å². The number of rotatable bonds is 6. The van der Waals surface area contributed by atoms with Crippen molar-refractivity contribution in [3.8, 4) is 0 Å². The Hall–Kier alpha value is -2.87. The summed E-state index contributed by atoms with van der Waals surface area (Å²) in [7, 11) is -3.65. The summed E-state index contributed by atoms with van der Waals surface area (Å²) in [6.07, 6.45) is 2.49. The van der Waals surface area contributed by atoms with Crippen LogP contribution in [-0.4, -0.2) is 39.6 Å². The third-order valence-electron chi connectivity index (χ3n) is 5.38. The highest BCUT2D eigenvalue weighted by atomic mass is 32.2. The molecular formula is C22H27N3O4S. The van der Waals surface area contributed by atoms with E-state index in [0.717, 1.165) is 39.4 Å². The maximum atomic E-state index is 12.7. The van der Waals surface area contributed by atoms with Crippen molar-refractivity contribution in [1.82, 2.24) is 0 Å². The molecule has 8 heteroatoms. The molecule has 3 rings (SSSR count). The van der Waals surface area contributed by atoms with Crippen molar-refractivity contribution < 1.29 is 18.0 Å². The van der Waals surface area contributed by atoms with Crippen molar-refractivity contribution in [2.45, 2.75) is 33.6 Å². The molecule has 0 aliphatic carbocycles. The van der Waals surface area contributed by atoms with Crippen molar-refractivity contribution in [2.24, 2.45) is 0 Å². The third kappa shape index (κ3) is 4.64. The van der Waals surface area contributed by atoms with Gasteiger partial charge in [0.25, 0.3) is 0 Å². The van der Waals surface area contributed by atoms with Crippen LogP contribution in [0, 0.1) is 20.8 Å². The zero-order valence-corrected chi connectivity index (χ0v) is 18.5. The molecule has 0 bridgehead atoms. The molecule has 0 atom stereocenters. The molecule has 1 fully saturated rings. The lowest BCUT2D eigenvalue weighted by molar-refractivity contribution is -0.117. The first-order valence-electron chi connectivity index (χ1n) is 9.82. The van der Waals surface area contributed by atoms with Gasteiger partial charge in [-0.05, 0) is 68.1 Å². The SMILES string of the molecule is Cc1cc(NC(=O)CN(c2cccc(C)c2C)S(C)(=O)=O)ccc1N1CCCC1=O. The summed E-state index contributed by atoms with van der Waals surface area (Å²) in [5.41, 5.74) is 4.52. The normalized spacial score (nSPS) is 14.1. The number of hydrogen-bond acceptors (Lipinski definition) is 4. The van der Waals surface area contributed by atoms with Crippen LogP contribution in [0.1, 0.15) is 29.5 Å². The zero-order chi connectivity index (χ0) is 22.1. The van der Waals surface area contributed by atoms with Gasteiger partial charge < -0.3 is 10.2 Å². The van der Waals surface area contributed by atoms with Crippen LogP contribution in [0.15, 0.2) is 36.4 Å². The predicted molar refractivity (Wildman–Crippen MR) is 120 cm³/mol. The van der Waals surface area contributed by atoms with Gasteiger partial charge >= 0.3 is 0 Å². The van der Waals surface area contributed by atoms with Gasteiger partial charge in [-0.1, -0.05) is 12.1 Å². The maximum absolute atomic E-state index is 12.7. The van der Waals surface area contributed by atoms with Gasteiger partial charge in [-0.15, -0.1) is 0 Å². The topological polar surface area (TPSA) is 86.8 Å². The Morgan fingerprint density at radius 2 is 1.87 bits per heavy atom. The number of sulfonamides is 1. The highest BCUT2D eigenvalue weighted by Gasteiger charge is 2.24. The molecule has 0 radical (unpaired) electrons. The van der Waals surface area contributed by atoms with E-state index in [2.05, 4.69) is 5.32 Å². The molecular weight excluding hydrogens is 402 g/mol. The van der Waals surface area contributed by atoms with Crippen molar-refractivity contribution in [3.05, 3.63) is 53.1 Å². The quantitative estimate of drug-likeness (QED) is 0.764. The molecule has 0 saturated carbocycles. The number of nitrogens with zero attached hydrogens (tertiary/aromatic N) is 2. The molecule has 2 aromatic carbocycles. The number of carbonyl (C=O) groups excluding carboxylic acids is 2. The number of anilines is 3. The van der Waals surface area contributed by atoms with Gasteiger partial charge in [0.05, 0.1) is 11.9 Å². The van der Waals surface area contributed by atoms with Gasteiger partial charge in [0.1, 0.15) is 6.54 Å². The van der Waals surface area contributed by atoms with Crippen LogP contribution < -0.4 is 14.5 Å². The van der Waals surface area contributed by atoms with Gasteiger partial charge in [-0.2, -0.15) is 0 Å². The fourth-order valence-corrected chi connectivity index (χ4v) is 4.56. The first-order chi connectivity index (χ1) is 14.1. The van der Waals surface area contributed by atoms with Gasteiger partial charge in [-0.25, -0.2) is 8.42 Å². The van der Waals surface area contributed by atoms with Gasteiger partial charge in [0.2, 0.25) is 21.8 Å². The molecule has 2 amide bonds. The summed E-state index contributed by atoms with van der Waals surface area (Å²) in [4.78, 5) is 26.4. The van der Waals surface area contributed by atoms with Crippen LogP contribution in [0.25, 0.3) is 0 Å². The van der Waals surface area contributed by atoms with E-state index >= 15 is 0 Å². The number of aryl methyl sites for hydroxylation is 2. The van der Waals surface area contributed by atoms with E-state index in [1.807, 2.05) is 32.9 Å². The minimum atomic E-state index is -3.65.